The molecule has 18 heavy (non-hydrogen) atoms. The summed E-state index contributed by atoms with van der Waals surface area (Å²) in [5, 5.41) is 8.10. The normalized spacial score (nSPS) is 10.8. The van der Waals surface area contributed by atoms with Gasteiger partial charge in [-0.2, -0.15) is 0 Å². The van der Waals surface area contributed by atoms with Gasteiger partial charge in [0.2, 0.25) is 0 Å². The van der Waals surface area contributed by atoms with E-state index < -0.39 is 0 Å². The molecule has 0 saturated heterocycles. The summed E-state index contributed by atoms with van der Waals surface area (Å²) in [6.07, 6.45) is 3.60. The van der Waals surface area contributed by atoms with Crippen LogP contribution in [0.4, 0.5) is 4.39 Å². The molecule has 0 fully saturated rings. The van der Waals surface area contributed by atoms with Gasteiger partial charge in [0.1, 0.15) is 5.82 Å². The van der Waals surface area contributed by atoms with Crippen molar-refractivity contribution in [2.75, 3.05) is 5.88 Å². The number of halogens is 2. The number of hydrogen-bond acceptors (Lipinski definition) is 2. The monoisotopic (exact) mass is 267 g/mol. The molecule has 0 aliphatic heterocycles. The molecular formula is C13H15ClFN3. The molecule has 0 aliphatic rings. The van der Waals surface area contributed by atoms with Gasteiger partial charge in [0.05, 0.1) is 12.2 Å². The highest BCUT2D eigenvalue weighted by Crippen LogP contribution is 2.12. The Morgan fingerprint density at radius 2 is 2.22 bits per heavy atom. The standard InChI is InChI=1S/C13H15ClFN3/c1-10-4-5-12(15)7-11(10)8-18-9-13(16-17-18)3-2-6-14/h4-5,7,9H,2-3,6,8H2,1H3. The fourth-order valence-corrected chi connectivity index (χ4v) is 1.90. The largest absolute Gasteiger partial charge is 0.248 e. The lowest BCUT2D eigenvalue weighted by atomic mass is 10.1. The van der Waals surface area contributed by atoms with Crippen LogP contribution in [0, 0.1) is 12.7 Å². The van der Waals surface area contributed by atoms with Crippen LogP contribution in [0.3, 0.4) is 0 Å². The lowest BCUT2D eigenvalue weighted by Crippen LogP contribution is -2.02. The molecule has 0 unspecified atom stereocenters. The van der Waals surface area contributed by atoms with E-state index >= 15 is 0 Å². The second-order valence-corrected chi connectivity index (χ2v) is 4.65. The van der Waals surface area contributed by atoms with Crippen molar-refractivity contribution in [2.24, 2.45) is 0 Å². The summed E-state index contributed by atoms with van der Waals surface area (Å²) < 4.78 is 14.9. The van der Waals surface area contributed by atoms with E-state index in [1.165, 1.54) is 12.1 Å². The van der Waals surface area contributed by atoms with Crippen molar-refractivity contribution in [3.05, 3.63) is 47.0 Å². The minimum Gasteiger partial charge on any atom is -0.248 e. The number of aromatic nitrogens is 3. The third kappa shape index (κ3) is 3.29. The van der Waals surface area contributed by atoms with Crippen LogP contribution in [0.1, 0.15) is 23.2 Å². The third-order valence-electron chi connectivity index (χ3n) is 2.80. The summed E-state index contributed by atoms with van der Waals surface area (Å²) >= 11 is 5.63. The molecule has 0 atom stereocenters. The van der Waals surface area contributed by atoms with Crippen molar-refractivity contribution >= 4 is 11.6 Å². The molecule has 2 rings (SSSR count). The fourth-order valence-electron chi connectivity index (χ4n) is 1.76. The zero-order valence-electron chi connectivity index (χ0n) is 10.2. The third-order valence-corrected chi connectivity index (χ3v) is 3.06. The predicted octanol–water partition coefficient (Wildman–Crippen LogP) is 2.95. The maximum absolute atomic E-state index is 13.2. The Balaban J connectivity index is 2.08. The first kappa shape index (κ1) is 13.0. The minimum absolute atomic E-state index is 0.224. The maximum Gasteiger partial charge on any atom is 0.123 e. The van der Waals surface area contributed by atoms with Crippen molar-refractivity contribution < 1.29 is 4.39 Å². The van der Waals surface area contributed by atoms with Crippen LogP contribution in [0.25, 0.3) is 0 Å². The minimum atomic E-state index is -0.224. The SMILES string of the molecule is Cc1ccc(F)cc1Cn1cc(CCCCl)nn1. The maximum atomic E-state index is 13.2. The van der Waals surface area contributed by atoms with Gasteiger partial charge in [0.15, 0.2) is 0 Å². The van der Waals surface area contributed by atoms with Gasteiger partial charge in [-0.1, -0.05) is 11.3 Å². The first-order valence-electron chi connectivity index (χ1n) is 5.89. The summed E-state index contributed by atoms with van der Waals surface area (Å²) in [6.45, 7) is 2.50. The lowest BCUT2D eigenvalue weighted by molar-refractivity contribution is 0.612. The molecule has 5 heteroatoms. The zero-order valence-corrected chi connectivity index (χ0v) is 11.0. The number of hydrogen-bond donors (Lipinski definition) is 0. The molecule has 0 amide bonds. The number of benzene rings is 1. The van der Waals surface area contributed by atoms with E-state index in [1.54, 1.807) is 10.7 Å². The van der Waals surface area contributed by atoms with Crippen LogP contribution >= 0.6 is 11.6 Å². The Morgan fingerprint density at radius 1 is 1.39 bits per heavy atom. The Bertz CT molecular complexity index is 525. The van der Waals surface area contributed by atoms with E-state index in [4.69, 9.17) is 11.6 Å². The van der Waals surface area contributed by atoms with E-state index in [2.05, 4.69) is 10.3 Å². The summed E-state index contributed by atoms with van der Waals surface area (Å²) in [6, 6.07) is 4.78. The molecule has 1 heterocycles. The molecule has 0 saturated carbocycles. The van der Waals surface area contributed by atoms with E-state index in [9.17, 15) is 4.39 Å². The molecule has 2 aromatic rings. The Hall–Kier alpha value is -1.42. The first-order chi connectivity index (χ1) is 8.69. The lowest BCUT2D eigenvalue weighted by Gasteiger charge is -2.05. The summed E-state index contributed by atoms with van der Waals surface area (Å²) in [7, 11) is 0. The van der Waals surface area contributed by atoms with Gasteiger partial charge in [0.25, 0.3) is 0 Å². The second kappa shape index (κ2) is 5.96. The molecule has 0 N–H and O–H groups in total. The van der Waals surface area contributed by atoms with E-state index in [0.29, 0.717) is 12.4 Å². The second-order valence-electron chi connectivity index (χ2n) is 4.27. The highest BCUT2D eigenvalue weighted by molar-refractivity contribution is 6.17. The van der Waals surface area contributed by atoms with Crippen LogP contribution in [0.5, 0.6) is 0 Å². The van der Waals surface area contributed by atoms with Crippen LogP contribution in [0.15, 0.2) is 24.4 Å². The molecule has 0 spiro atoms. The zero-order chi connectivity index (χ0) is 13.0. The molecule has 0 radical (unpaired) electrons. The van der Waals surface area contributed by atoms with Crippen LogP contribution in [0.2, 0.25) is 0 Å². The molecule has 0 bridgehead atoms. The Kier molecular flexibility index (Phi) is 4.31. The summed E-state index contributed by atoms with van der Waals surface area (Å²) in [4.78, 5) is 0. The highest BCUT2D eigenvalue weighted by atomic mass is 35.5. The van der Waals surface area contributed by atoms with E-state index in [1.807, 2.05) is 13.1 Å². The van der Waals surface area contributed by atoms with Gasteiger partial charge in [-0.3, -0.25) is 0 Å². The van der Waals surface area contributed by atoms with Gasteiger partial charge in [-0.25, -0.2) is 9.07 Å². The summed E-state index contributed by atoms with van der Waals surface area (Å²) in [5.41, 5.74) is 2.89. The van der Waals surface area contributed by atoms with E-state index in [0.717, 1.165) is 29.7 Å². The molecule has 96 valence electrons. The van der Waals surface area contributed by atoms with Gasteiger partial charge in [-0.05, 0) is 43.0 Å². The van der Waals surface area contributed by atoms with Crippen molar-refractivity contribution in [3.8, 4) is 0 Å². The average Bonchev–Trinajstić information content (AvgIpc) is 2.79. The van der Waals surface area contributed by atoms with Gasteiger partial charge < -0.3 is 0 Å². The molecule has 1 aromatic carbocycles. The van der Waals surface area contributed by atoms with Crippen molar-refractivity contribution in [1.82, 2.24) is 15.0 Å². The van der Waals surface area contributed by atoms with Gasteiger partial charge in [-0.15, -0.1) is 16.7 Å². The van der Waals surface area contributed by atoms with Gasteiger partial charge in [0, 0.05) is 12.1 Å². The average molecular weight is 268 g/mol. The Labute approximate surface area is 111 Å². The topological polar surface area (TPSA) is 30.7 Å². The quantitative estimate of drug-likeness (QED) is 0.780. The Morgan fingerprint density at radius 3 is 3.00 bits per heavy atom. The molecule has 0 aliphatic carbocycles. The van der Waals surface area contributed by atoms with E-state index in [-0.39, 0.29) is 5.82 Å². The smallest absolute Gasteiger partial charge is 0.123 e. The number of nitrogens with zero attached hydrogens (tertiary/aromatic N) is 3. The number of alkyl halides is 1. The first-order valence-corrected chi connectivity index (χ1v) is 6.42. The molecule has 1 aromatic heterocycles. The van der Waals surface area contributed by atoms with Crippen molar-refractivity contribution in [3.63, 3.8) is 0 Å². The van der Waals surface area contributed by atoms with Crippen LogP contribution < -0.4 is 0 Å². The molecule has 3 nitrogen and oxygen atoms in total. The fraction of sp³-hybridized carbons (Fsp3) is 0.385. The van der Waals surface area contributed by atoms with Gasteiger partial charge >= 0.3 is 0 Å². The van der Waals surface area contributed by atoms with Crippen molar-refractivity contribution in [2.45, 2.75) is 26.3 Å². The number of aryl methyl sites for hydroxylation is 2. The number of rotatable bonds is 5. The predicted molar refractivity (Wildman–Crippen MR) is 69.3 cm³/mol. The highest BCUT2D eigenvalue weighted by Gasteiger charge is 2.04. The summed E-state index contributed by atoms with van der Waals surface area (Å²) in [5.74, 6) is 0.397. The van der Waals surface area contributed by atoms with Crippen LogP contribution in [-0.4, -0.2) is 20.9 Å². The van der Waals surface area contributed by atoms with Crippen molar-refractivity contribution in [1.29, 1.82) is 0 Å². The molecular weight excluding hydrogens is 253 g/mol. The van der Waals surface area contributed by atoms with Crippen LogP contribution in [-0.2, 0) is 13.0 Å².